The summed E-state index contributed by atoms with van der Waals surface area (Å²) in [5, 5.41) is 0.486. The summed E-state index contributed by atoms with van der Waals surface area (Å²) in [7, 11) is 1.51. The van der Waals surface area contributed by atoms with Crippen molar-refractivity contribution in [3.63, 3.8) is 0 Å². The molecule has 1 aliphatic heterocycles. The van der Waals surface area contributed by atoms with Crippen LogP contribution in [0.4, 0.5) is 13.2 Å². The molecule has 4 rings (SSSR count). The van der Waals surface area contributed by atoms with Crippen molar-refractivity contribution in [2.75, 3.05) is 26.3 Å². The Hall–Kier alpha value is -2.55. The smallest absolute Gasteiger partial charge is 0.381 e. The van der Waals surface area contributed by atoms with E-state index in [0.29, 0.717) is 43.2 Å². The summed E-state index contributed by atoms with van der Waals surface area (Å²) in [4.78, 5) is 28.8. The number of halogens is 5. The van der Waals surface area contributed by atoms with Crippen molar-refractivity contribution in [3.8, 4) is 0 Å². The number of piperidine rings is 1. The third kappa shape index (κ3) is 5.31. The number of fused-ring (bicyclic) bond motifs is 1. The largest absolute Gasteiger partial charge is 0.416 e. The first-order chi connectivity index (χ1) is 17.8. The third-order valence-corrected chi connectivity index (χ3v) is 8.09. The highest BCUT2D eigenvalue weighted by Gasteiger charge is 2.33. The normalized spacial score (nSPS) is 18.3. The SMILES string of the molecule is CCOC[C@H]1CCN(C(=O)c2ccc(Cl)c(C(=O)c3cc4c(C)cc(C(F)(F)F)cc4n3C)c2Cl)C[C@H]1C. The first-order valence-corrected chi connectivity index (χ1v) is 13.2. The Morgan fingerprint density at radius 2 is 1.87 bits per heavy atom. The molecule has 2 atom stereocenters. The minimum Gasteiger partial charge on any atom is -0.381 e. The van der Waals surface area contributed by atoms with Crippen LogP contribution < -0.4 is 0 Å². The van der Waals surface area contributed by atoms with Gasteiger partial charge in [-0.2, -0.15) is 13.2 Å². The second kappa shape index (κ2) is 10.9. The van der Waals surface area contributed by atoms with Gasteiger partial charge in [-0.3, -0.25) is 9.59 Å². The van der Waals surface area contributed by atoms with Crippen molar-refractivity contribution in [3.05, 3.63) is 68.3 Å². The van der Waals surface area contributed by atoms with E-state index >= 15 is 0 Å². The Bertz CT molecular complexity index is 1400. The van der Waals surface area contributed by atoms with Gasteiger partial charge < -0.3 is 14.2 Å². The Morgan fingerprint density at radius 1 is 1.16 bits per heavy atom. The average molecular weight is 569 g/mol. The van der Waals surface area contributed by atoms with E-state index < -0.39 is 17.5 Å². The van der Waals surface area contributed by atoms with E-state index in [4.69, 9.17) is 27.9 Å². The summed E-state index contributed by atoms with van der Waals surface area (Å²) in [5.74, 6) is -0.299. The summed E-state index contributed by atoms with van der Waals surface area (Å²) in [6.45, 7) is 7.94. The molecule has 0 saturated carbocycles. The van der Waals surface area contributed by atoms with Crippen LogP contribution in [0.1, 0.15) is 57.8 Å². The summed E-state index contributed by atoms with van der Waals surface area (Å²) in [6, 6.07) is 6.54. The van der Waals surface area contributed by atoms with Gasteiger partial charge in [0.1, 0.15) is 0 Å². The van der Waals surface area contributed by atoms with Crippen LogP contribution in [0.15, 0.2) is 30.3 Å². The average Bonchev–Trinajstić information content (AvgIpc) is 3.19. The molecule has 204 valence electrons. The number of rotatable bonds is 6. The summed E-state index contributed by atoms with van der Waals surface area (Å²) in [6.07, 6.45) is -3.73. The Morgan fingerprint density at radius 3 is 2.50 bits per heavy atom. The number of amides is 1. The van der Waals surface area contributed by atoms with E-state index in [1.54, 1.807) is 11.8 Å². The molecule has 3 aromatic rings. The van der Waals surface area contributed by atoms with E-state index in [-0.39, 0.29) is 44.2 Å². The van der Waals surface area contributed by atoms with Gasteiger partial charge in [-0.15, -0.1) is 0 Å². The number of carbonyl (C=O) groups is 2. The highest BCUT2D eigenvalue weighted by Crippen LogP contribution is 2.37. The lowest BCUT2D eigenvalue weighted by Crippen LogP contribution is -2.44. The zero-order chi connectivity index (χ0) is 27.9. The van der Waals surface area contributed by atoms with Crippen LogP contribution in [0.2, 0.25) is 10.0 Å². The number of carbonyl (C=O) groups excluding carboxylic acids is 2. The standard InChI is InChI=1S/C28H29Cl2F3N2O3/c1-5-38-14-17-8-9-35(13-16(17)3)27(37)19-6-7-21(29)24(25(19)30)26(36)23-12-20-15(2)10-18(28(31,32)33)11-22(20)34(23)4/h6-7,10-12,16-17H,5,8-9,13-14H2,1-4H3/t16-,17-/m1/s1. The number of alkyl halides is 3. The predicted octanol–water partition coefficient (Wildman–Crippen LogP) is 7.18. The highest BCUT2D eigenvalue weighted by molar-refractivity contribution is 6.42. The Kier molecular flexibility index (Phi) is 8.17. The monoisotopic (exact) mass is 568 g/mol. The summed E-state index contributed by atoms with van der Waals surface area (Å²) >= 11 is 13.0. The van der Waals surface area contributed by atoms with Gasteiger partial charge in [0.25, 0.3) is 5.91 Å². The van der Waals surface area contributed by atoms with Crippen molar-refractivity contribution < 1.29 is 27.5 Å². The molecular formula is C28H29Cl2F3N2O3. The number of hydrogen-bond donors (Lipinski definition) is 0. The predicted molar refractivity (Wildman–Crippen MR) is 142 cm³/mol. The van der Waals surface area contributed by atoms with E-state index in [9.17, 15) is 22.8 Å². The van der Waals surface area contributed by atoms with Gasteiger partial charge in [-0.1, -0.05) is 30.1 Å². The molecule has 2 aromatic carbocycles. The zero-order valence-corrected chi connectivity index (χ0v) is 23.1. The van der Waals surface area contributed by atoms with E-state index in [0.717, 1.165) is 18.6 Å². The fourth-order valence-electron chi connectivity index (χ4n) is 5.11. The Balaban J connectivity index is 1.68. The number of aryl methyl sites for hydroxylation is 2. The molecule has 5 nitrogen and oxygen atoms in total. The van der Waals surface area contributed by atoms with Crippen molar-refractivity contribution in [2.24, 2.45) is 18.9 Å². The second-order valence-corrected chi connectivity index (χ2v) is 10.6. The molecule has 1 saturated heterocycles. The van der Waals surface area contributed by atoms with Crippen molar-refractivity contribution in [2.45, 2.75) is 33.4 Å². The van der Waals surface area contributed by atoms with Crippen molar-refractivity contribution in [1.82, 2.24) is 9.47 Å². The topological polar surface area (TPSA) is 51.5 Å². The molecule has 38 heavy (non-hydrogen) atoms. The lowest BCUT2D eigenvalue weighted by molar-refractivity contribution is -0.137. The molecule has 1 amide bonds. The quantitative estimate of drug-likeness (QED) is 0.296. The van der Waals surface area contributed by atoms with E-state index in [1.807, 2.05) is 6.92 Å². The van der Waals surface area contributed by atoms with Crippen LogP contribution in [0.5, 0.6) is 0 Å². The molecule has 0 radical (unpaired) electrons. The van der Waals surface area contributed by atoms with Gasteiger partial charge in [-0.05, 0) is 68.0 Å². The van der Waals surface area contributed by atoms with Gasteiger partial charge in [0.15, 0.2) is 0 Å². The molecule has 1 aliphatic rings. The maximum Gasteiger partial charge on any atom is 0.416 e. The number of ether oxygens (including phenoxy) is 1. The first-order valence-electron chi connectivity index (χ1n) is 12.4. The maximum absolute atomic E-state index is 13.7. The van der Waals surface area contributed by atoms with Crippen LogP contribution in [-0.4, -0.2) is 47.5 Å². The van der Waals surface area contributed by atoms with Crippen LogP contribution in [-0.2, 0) is 18.0 Å². The van der Waals surface area contributed by atoms with E-state index in [1.165, 1.54) is 29.8 Å². The molecule has 0 unspecified atom stereocenters. The maximum atomic E-state index is 13.7. The van der Waals surface area contributed by atoms with Gasteiger partial charge in [0.2, 0.25) is 5.78 Å². The number of benzene rings is 2. The lowest BCUT2D eigenvalue weighted by Gasteiger charge is -2.37. The Labute approximate surface area is 229 Å². The number of likely N-dealkylation sites (tertiary alicyclic amines) is 1. The van der Waals surface area contributed by atoms with Crippen molar-refractivity contribution in [1.29, 1.82) is 0 Å². The fourth-order valence-corrected chi connectivity index (χ4v) is 5.73. The van der Waals surface area contributed by atoms with Crippen LogP contribution >= 0.6 is 23.2 Å². The molecule has 2 heterocycles. The molecule has 0 N–H and O–H groups in total. The number of hydrogen-bond acceptors (Lipinski definition) is 3. The zero-order valence-electron chi connectivity index (χ0n) is 21.6. The summed E-state index contributed by atoms with van der Waals surface area (Å²) < 4.78 is 47.1. The van der Waals surface area contributed by atoms with Crippen LogP contribution in [0.25, 0.3) is 10.9 Å². The minimum absolute atomic E-state index is 0.0540. The minimum atomic E-state index is -4.52. The molecule has 0 spiro atoms. The first kappa shape index (κ1) is 28.5. The third-order valence-electron chi connectivity index (χ3n) is 7.38. The summed E-state index contributed by atoms with van der Waals surface area (Å²) in [5.41, 5.74) is 0.0468. The van der Waals surface area contributed by atoms with Gasteiger partial charge in [0.05, 0.1) is 32.4 Å². The number of nitrogens with zero attached hydrogens (tertiary/aromatic N) is 2. The lowest BCUT2D eigenvalue weighted by atomic mass is 9.87. The number of ketones is 1. The van der Waals surface area contributed by atoms with Crippen molar-refractivity contribution >= 4 is 45.8 Å². The van der Waals surface area contributed by atoms with Gasteiger partial charge >= 0.3 is 6.18 Å². The van der Waals surface area contributed by atoms with Crippen LogP contribution in [0, 0.1) is 18.8 Å². The molecule has 1 aromatic heterocycles. The van der Waals surface area contributed by atoms with Gasteiger partial charge in [-0.25, -0.2) is 0 Å². The number of aromatic nitrogens is 1. The molecule has 1 fully saturated rings. The van der Waals surface area contributed by atoms with Crippen LogP contribution in [0.3, 0.4) is 0 Å². The second-order valence-electron chi connectivity index (χ2n) is 9.86. The fraction of sp³-hybridized carbons (Fsp3) is 0.429. The molecular weight excluding hydrogens is 540 g/mol. The molecule has 0 bridgehead atoms. The molecule has 10 heteroatoms. The van der Waals surface area contributed by atoms with Gasteiger partial charge in [0, 0.05) is 44.3 Å². The molecule has 0 aliphatic carbocycles. The van der Waals surface area contributed by atoms with E-state index in [2.05, 4.69) is 6.92 Å². The highest BCUT2D eigenvalue weighted by atomic mass is 35.5.